The lowest BCUT2D eigenvalue weighted by molar-refractivity contribution is -0.742. The van der Waals surface area contributed by atoms with E-state index in [0.717, 1.165) is 0 Å². The lowest BCUT2D eigenvalue weighted by Crippen LogP contribution is -2.20. The molecule has 0 aromatic heterocycles. The molecule has 0 radical (unpaired) electrons. The molecule has 0 unspecified atom stereocenters. The zero-order valence-corrected chi connectivity index (χ0v) is 6.54. The Bertz CT molecular complexity index is 115. The zero-order chi connectivity index (χ0) is 10.7. The quantitative estimate of drug-likeness (QED) is 0.135. The maximum atomic E-state index is 8.36. The number of rotatable bonds is 0. The highest BCUT2D eigenvalue weighted by atomic mass is 16.9. The van der Waals surface area contributed by atoms with Crippen LogP contribution in [0.25, 0.3) is 0 Å². The highest BCUT2D eigenvalue weighted by Crippen LogP contribution is 1.44. The first kappa shape index (κ1) is 22.4. The van der Waals surface area contributed by atoms with Crippen LogP contribution in [0.3, 0.4) is 0 Å². The molecule has 0 saturated heterocycles. The monoisotopic (exact) mass is 202 g/mol. The minimum Gasteiger partial charge on any atom is -0.370 e. The topological polar surface area (TPSA) is 242 Å². The van der Waals surface area contributed by atoms with Crippen LogP contribution in [-0.2, 0) is 0 Å². The van der Waals surface area contributed by atoms with Crippen molar-refractivity contribution in [1.82, 2.24) is 6.15 Å². The summed E-state index contributed by atoms with van der Waals surface area (Å²) in [4.78, 5) is 16.6. The molecule has 0 fully saturated rings. The van der Waals surface area contributed by atoms with Gasteiger partial charge in [0, 0.05) is 0 Å². The maximum Gasteiger partial charge on any atom is 0.291 e. The lowest BCUT2D eigenvalue weighted by atomic mass is 11.1. The Morgan fingerprint density at radius 1 is 1.23 bits per heavy atom. The third-order valence-electron chi connectivity index (χ3n) is 0. The van der Waals surface area contributed by atoms with Crippen LogP contribution >= 0.6 is 0 Å². The summed E-state index contributed by atoms with van der Waals surface area (Å²) in [6, 6.07) is 0. The molecule has 0 aromatic carbocycles. The molecule has 0 rings (SSSR count). The Hall–Kier alpha value is -2.37. The predicted octanol–water partition coefficient (Wildman–Crippen LogP) is -1.37. The Morgan fingerprint density at radius 2 is 1.23 bits per heavy atom. The van der Waals surface area contributed by atoms with Crippen LogP contribution in [0.15, 0.2) is 0 Å². The van der Waals surface area contributed by atoms with Crippen LogP contribution in [0.5, 0.6) is 0 Å². The lowest BCUT2D eigenvalue weighted by Gasteiger charge is -1.74. The summed E-state index contributed by atoms with van der Waals surface area (Å²) in [5.41, 5.74) is 8.94. The average molecular weight is 202 g/mol. The molecule has 0 aliphatic carbocycles. The summed E-state index contributed by atoms with van der Waals surface area (Å²) < 4.78 is 0. The van der Waals surface area contributed by atoms with Gasteiger partial charge in [-0.15, -0.1) is 10.1 Å². The summed E-state index contributed by atoms with van der Waals surface area (Å²) in [5.74, 6) is -0.333. The van der Waals surface area contributed by atoms with Crippen molar-refractivity contribution >= 4 is 5.96 Å². The molecule has 0 atom stereocenters. The van der Waals surface area contributed by atoms with Crippen molar-refractivity contribution in [3.8, 4) is 0 Å². The van der Waals surface area contributed by atoms with E-state index in [1.807, 2.05) is 0 Å². The Labute approximate surface area is 71.1 Å². The molecule has 0 spiro atoms. The molecule has 13 heavy (non-hydrogen) atoms. The number of hydrogen-bond donors (Lipinski definition) is 5. The van der Waals surface area contributed by atoms with Crippen molar-refractivity contribution in [2.24, 2.45) is 11.5 Å². The first-order valence-electron chi connectivity index (χ1n) is 1.94. The van der Waals surface area contributed by atoms with Gasteiger partial charge in [-0.2, -0.15) is 0 Å². The zero-order valence-electron chi connectivity index (χ0n) is 6.54. The molecular weight excluding hydrogens is 192 g/mol. The van der Waals surface area contributed by atoms with Crippen LogP contribution in [0.1, 0.15) is 0 Å². The smallest absolute Gasteiger partial charge is 0.291 e. The van der Waals surface area contributed by atoms with Crippen LogP contribution in [0.4, 0.5) is 0 Å². The summed E-state index contributed by atoms with van der Waals surface area (Å²) >= 11 is 0. The van der Waals surface area contributed by atoms with Gasteiger partial charge < -0.3 is 38.1 Å². The fourth-order valence-corrected chi connectivity index (χ4v) is 0. The highest BCUT2D eigenvalue weighted by Gasteiger charge is 1.65. The number of nitrogens with one attached hydrogen (secondary N) is 1. The van der Waals surface area contributed by atoms with Gasteiger partial charge in [0.25, 0.3) is 5.09 Å². The van der Waals surface area contributed by atoms with Gasteiger partial charge in [-0.25, -0.2) is 0 Å². The number of hydrogen-bond acceptors (Lipinski definition) is 6. The normalized spacial score (nSPS) is 5.54. The highest BCUT2D eigenvalue weighted by molar-refractivity contribution is 5.71. The molecule has 0 amide bonds. The fraction of sp³-hybridized carbons (Fsp3) is 0. The van der Waals surface area contributed by atoms with E-state index in [1.165, 1.54) is 0 Å². The minimum absolute atomic E-state index is 0. The molecule has 12 heteroatoms. The largest absolute Gasteiger partial charge is 0.370 e. The molecule has 0 bridgehead atoms. The molecule has 0 aromatic rings. The van der Waals surface area contributed by atoms with Gasteiger partial charge >= 0.3 is 0 Å². The molecular formula is CH10N6O6. The van der Waals surface area contributed by atoms with Crippen molar-refractivity contribution in [3.05, 3.63) is 25.4 Å². The Kier molecular flexibility index (Phi) is 28.1. The van der Waals surface area contributed by atoms with Gasteiger partial charge in [0.15, 0.2) is 5.96 Å². The summed E-state index contributed by atoms with van der Waals surface area (Å²) in [5, 5.41) is 34.4. The molecule has 0 saturated carbocycles. The third-order valence-corrected chi connectivity index (χ3v) is 0. The predicted molar refractivity (Wildman–Crippen MR) is 41.2 cm³/mol. The van der Waals surface area contributed by atoms with Crippen molar-refractivity contribution in [1.29, 1.82) is 5.41 Å². The van der Waals surface area contributed by atoms with Crippen molar-refractivity contribution in [3.63, 3.8) is 0 Å². The number of quaternary nitrogens is 1. The van der Waals surface area contributed by atoms with Crippen LogP contribution in [0.2, 0.25) is 0 Å². The Balaban J connectivity index is -0.0000000450. The molecule has 10 N–H and O–H groups in total. The van der Waals surface area contributed by atoms with Gasteiger partial charge in [0.05, 0.1) is 5.09 Å². The van der Waals surface area contributed by atoms with Gasteiger partial charge in [0.1, 0.15) is 0 Å². The van der Waals surface area contributed by atoms with E-state index in [-0.39, 0.29) is 12.1 Å². The van der Waals surface area contributed by atoms with E-state index in [1.54, 1.807) is 0 Å². The van der Waals surface area contributed by atoms with Gasteiger partial charge in [-0.3, -0.25) is 5.41 Å². The van der Waals surface area contributed by atoms with Crippen molar-refractivity contribution in [2.45, 2.75) is 0 Å². The SMILES string of the molecule is N=C(N)N.O=[N+]([O-])O.O=[N+]([O-])[O-].[NH4+]. The van der Waals surface area contributed by atoms with Crippen LogP contribution < -0.4 is 17.6 Å². The first-order valence-corrected chi connectivity index (χ1v) is 1.94. The van der Waals surface area contributed by atoms with Crippen molar-refractivity contribution in [2.75, 3.05) is 0 Å². The summed E-state index contributed by atoms with van der Waals surface area (Å²) in [6.07, 6.45) is 0. The molecule has 0 aliphatic rings. The van der Waals surface area contributed by atoms with E-state index < -0.39 is 10.2 Å². The van der Waals surface area contributed by atoms with E-state index in [9.17, 15) is 0 Å². The van der Waals surface area contributed by atoms with Gasteiger partial charge in [0.2, 0.25) is 0 Å². The first-order chi connectivity index (χ1) is 5.20. The number of nitrogens with two attached hydrogens (primary N) is 2. The van der Waals surface area contributed by atoms with Crippen LogP contribution in [-0.4, -0.2) is 21.3 Å². The van der Waals surface area contributed by atoms with E-state index in [0.29, 0.717) is 0 Å². The second kappa shape index (κ2) is 16.3. The average Bonchev–Trinajstić information content (AvgIpc) is 1.54. The van der Waals surface area contributed by atoms with E-state index in [4.69, 9.17) is 36.1 Å². The summed E-state index contributed by atoms with van der Waals surface area (Å²) in [6.45, 7) is 0. The van der Waals surface area contributed by atoms with Gasteiger partial charge in [-0.05, 0) is 0 Å². The second-order valence-electron chi connectivity index (χ2n) is 0.917. The maximum absolute atomic E-state index is 8.36. The standard InChI is InChI=1S/CH5N3.HNO3.NO3.H3N/c3*2-1(3)4;/h(H5,2,3,4);(H,2,3,4);;1H3/q;;-1;/p+1. The summed E-state index contributed by atoms with van der Waals surface area (Å²) in [7, 11) is 0. The van der Waals surface area contributed by atoms with E-state index >= 15 is 0 Å². The molecule has 12 nitrogen and oxygen atoms in total. The Morgan fingerprint density at radius 3 is 1.23 bits per heavy atom. The molecule has 0 aliphatic heterocycles. The van der Waals surface area contributed by atoms with E-state index in [2.05, 4.69) is 11.5 Å². The fourth-order valence-electron chi connectivity index (χ4n) is 0. The third kappa shape index (κ3) is 99.8. The van der Waals surface area contributed by atoms with Gasteiger partial charge in [-0.1, -0.05) is 0 Å². The number of nitrogens with zero attached hydrogens (tertiary/aromatic N) is 2. The van der Waals surface area contributed by atoms with Crippen molar-refractivity contribution < 1.29 is 15.4 Å². The second-order valence-corrected chi connectivity index (χ2v) is 0.917. The van der Waals surface area contributed by atoms with Crippen LogP contribution in [0, 0.1) is 30.8 Å². The minimum atomic E-state index is -1.75. The molecule has 0 heterocycles. The number of guanidine groups is 1. The molecule has 80 valence electrons.